The lowest BCUT2D eigenvalue weighted by Crippen LogP contribution is -2.26. The van der Waals surface area contributed by atoms with Crippen molar-refractivity contribution >= 4 is 17.9 Å². The molecule has 6 heteroatoms. The molecule has 2 rings (SSSR count). The van der Waals surface area contributed by atoms with Gasteiger partial charge < -0.3 is 14.2 Å². The predicted octanol–water partition coefficient (Wildman–Crippen LogP) is 5.27. The number of carbonyl (C=O) groups excluding carboxylic acids is 3. The van der Waals surface area contributed by atoms with E-state index >= 15 is 0 Å². The molecule has 0 unspecified atom stereocenters. The third-order valence-electron chi connectivity index (χ3n) is 4.06. The van der Waals surface area contributed by atoms with E-state index in [9.17, 15) is 14.4 Å². The van der Waals surface area contributed by atoms with Gasteiger partial charge >= 0.3 is 17.9 Å². The SMILES string of the molecule is C=C(C)C(=O)Oc1ccc(-c2ccc(OC(=O)C(C)(C)C)c(OC(=O)C(=C)C)c2)cc1. The maximum atomic E-state index is 12.3. The largest absolute Gasteiger partial charge is 0.423 e. The number of benzene rings is 2. The van der Waals surface area contributed by atoms with E-state index in [1.807, 2.05) is 0 Å². The highest BCUT2D eigenvalue weighted by atomic mass is 16.6. The van der Waals surface area contributed by atoms with Gasteiger partial charge in [0.2, 0.25) is 0 Å². The number of esters is 3. The van der Waals surface area contributed by atoms with Crippen LogP contribution in [0.5, 0.6) is 17.2 Å². The average molecular weight is 422 g/mol. The van der Waals surface area contributed by atoms with Crippen LogP contribution in [-0.4, -0.2) is 17.9 Å². The van der Waals surface area contributed by atoms with Gasteiger partial charge in [0.15, 0.2) is 11.5 Å². The molecule has 0 aliphatic rings. The molecule has 0 aliphatic carbocycles. The summed E-state index contributed by atoms with van der Waals surface area (Å²) >= 11 is 0. The molecular formula is C25H26O6. The Morgan fingerprint density at radius 3 is 1.74 bits per heavy atom. The van der Waals surface area contributed by atoms with Crippen LogP contribution in [0.25, 0.3) is 11.1 Å². The Hall–Kier alpha value is -3.67. The lowest BCUT2D eigenvalue weighted by molar-refractivity contribution is -0.143. The summed E-state index contributed by atoms with van der Waals surface area (Å²) in [5, 5.41) is 0. The Bertz CT molecular complexity index is 1040. The topological polar surface area (TPSA) is 78.9 Å². The fourth-order valence-corrected chi connectivity index (χ4v) is 2.20. The van der Waals surface area contributed by atoms with Gasteiger partial charge in [-0.2, -0.15) is 0 Å². The minimum absolute atomic E-state index is 0.0980. The molecule has 0 aromatic heterocycles. The summed E-state index contributed by atoms with van der Waals surface area (Å²) < 4.78 is 16.0. The van der Waals surface area contributed by atoms with Crippen molar-refractivity contribution < 1.29 is 28.6 Å². The van der Waals surface area contributed by atoms with Crippen LogP contribution in [0.15, 0.2) is 66.8 Å². The zero-order valence-electron chi connectivity index (χ0n) is 18.4. The van der Waals surface area contributed by atoms with E-state index in [0.29, 0.717) is 16.9 Å². The summed E-state index contributed by atoms with van der Waals surface area (Å²) in [6.07, 6.45) is 0. The standard InChI is InChI=1S/C25H26O6/c1-15(2)22(26)29-19-11-8-17(9-12-19)18-10-13-20(31-24(28)25(5,6)7)21(14-18)30-23(27)16(3)4/h8-14H,1,3H2,2,4-7H3. The second kappa shape index (κ2) is 9.43. The van der Waals surface area contributed by atoms with E-state index in [1.165, 1.54) is 6.92 Å². The van der Waals surface area contributed by atoms with Crippen molar-refractivity contribution in [2.75, 3.05) is 0 Å². The van der Waals surface area contributed by atoms with Crippen molar-refractivity contribution in [2.24, 2.45) is 5.41 Å². The maximum absolute atomic E-state index is 12.3. The highest BCUT2D eigenvalue weighted by Gasteiger charge is 2.25. The molecule has 162 valence electrons. The molecule has 31 heavy (non-hydrogen) atoms. The van der Waals surface area contributed by atoms with Crippen LogP contribution in [0.1, 0.15) is 34.6 Å². The van der Waals surface area contributed by atoms with Gasteiger partial charge in [0.25, 0.3) is 0 Å². The summed E-state index contributed by atoms with van der Waals surface area (Å²) in [4.78, 5) is 36.0. The highest BCUT2D eigenvalue weighted by Crippen LogP contribution is 2.35. The predicted molar refractivity (Wildman–Crippen MR) is 118 cm³/mol. The molecule has 0 bridgehead atoms. The number of hydrogen-bond donors (Lipinski definition) is 0. The van der Waals surface area contributed by atoms with Crippen LogP contribution >= 0.6 is 0 Å². The van der Waals surface area contributed by atoms with Gasteiger partial charge in [0, 0.05) is 11.1 Å². The van der Waals surface area contributed by atoms with Gasteiger partial charge in [0.1, 0.15) is 5.75 Å². The van der Waals surface area contributed by atoms with Crippen molar-refractivity contribution in [1.82, 2.24) is 0 Å². The Morgan fingerprint density at radius 1 is 0.710 bits per heavy atom. The lowest BCUT2D eigenvalue weighted by atomic mass is 9.97. The summed E-state index contributed by atoms with van der Waals surface area (Å²) in [5.74, 6) is -0.997. The van der Waals surface area contributed by atoms with E-state index in [2.05, 4.69) is 13.2 Å². The first-order chi connectivity index (χ1) is 14.4. The monoisotopic (exact) mass is 422 g/mol. The lowest BCUT2D eigenvalue weighted by Gasteiger charge is -2.18. The van der Waals surface area contributed by atoms with Gasteiger partial charge in [0.05, 0.1) is 5.41 Å². The molecule has 2 aromatic carbocycles. The van der Waals surface area contributed by atoms with Crippen molar-refractivity contribution in [3.8, 4) is 28.4 Å². The van der Waals surface area contributed by atoms with Crippen LogP contribution < -0.4 is 14.2 Å². The molecule has 0 saturated carbocycles. The van der Waals surface area contributed by atoms with Gasteiger partial charge in [-0.05, 0) is 70.0 Å². The van der Waals surface area contributed by atoms with Crippen molar-refractivity contribution in [3.05, 3.63) is 66.8 Å². The average Bonchev–Trinajstić information content (AvgIpc) is 2.68. The second-order valence-electron chi connectivity index (χ2n) is 8.17. The highest BCUT2D eigenvalue weighted by molar-refractivity contribution is 5.90. The third kappa shape index (κ3) is 6.40. The van der Waals surface area contributed by atoms with E-state index in [1.54, 1.807) is 70.2 Å². The molecule has 0 fully saturated rings. The maximum Gasteiger partial charge on any atom is 0.338 e. The van der Waals surface area contributed by atoms with Crippen LogP contribution in [0.2, 0.25) is 0 Å². The Morgan fingerprint density at radius 2 is 1.23 bits per heavy atom. The smallest absolute Gasteiger partial charge is 0.338 e. The number of ether oxygens (including phenoxy) is 3. The number of hydrogen-bond acceptors (Lipinski definition) is 6. The minimum atomic E-state index is -0.731. The Kier molecular flexibility index (Phi) is 7.18. The summed E-state index contributed by atoms with van der Waals surface area (Å²) in [6.45, 7) is 15.4. The molecule has 0 saturated heterocycles. The van der Waals surface area contributed by atoms with Crippen molar-refractivity contribution in [1.29, 1.82) is 0 Å². The molecule has 0 amide bonds. The number of carbonyl (C=O) groups is 3. The first kappa shape index (κ1) is 23.6. The van der Waals surface area contributed by atoms with Crippen LogP contribution in [0.4, 0.5) is 0 Å². The molecule has 0 radical (unpaired) electrons. The molecule has 2 aromatic rings. The molecule has 6 nitrogen and oxygen atoms in total. The molecule has 0 spiro atoms. The summed E-state index contributed by atoms with van der Waals surface area (Å²) in [6, 6.07) is 11.7. The molecule has 0 heterocycles. The quantitative estimate of drug-likeness (QED) is 0.359. The normalized spacial score (nSPS) is 10.7. The van der Waals surface area contributed by atoms with E-state index < -0.39 is 23.3 Å². The molecular weight excluding hydrogens is 396 g/mol. The molecule has 0 N–H and O–H groups in total. The summed E-state index contributed by atoms with van der Waals surface area (Å²) in [5.41, 5.74) is 1.26. The molecule has 0 aliphatic heterocycles. The Balaban J connectivity index is 2.37. The first-order valence-corrected chi connectivity index (χ1v) is 9.60. The van der Waals surface area contributed by atoms with Gasteiger partial charge in [-0.3, -0.25) is 4.79 Å². The van der Waals surface area contributed by atoms with Crippen LogP contribution in [-0.2, 0) is 14.4 Å². The minimum Gasteiger partial charge on any atom is -0.423 e. The zero-order valence-corrected chi connectivity index (χ0v) is 18.4. The molecule has 0 atom stereocenters. The summed E-state index contributed by atoms with van der Waals surface area (Å²) in [7, 11) is 0. The Labute approximate surface area is 182 Å². The first-order valence-electron chi connectivity index (χ1n) is 9.60. The van der Waals surface area contributed by atoms with E-state index in [-0.39, 0.29) is 17.1 Å². The van der Waals surface area contributed by atoms with Crippen molar-refractivity contribution in [2.45, 2.75) is 34.6 Å². The third-order valence-corrected chi connectivity index (χ3v) is 4.06. The van der Waals surface area contributed by atoms with Crippen molar-refractivity contribution in [3.63, 3.8) is 0 Å². The fraction of sp³-hybridized carbons (Fsp3) is 0.240. The zero-order chi connectivity index (χ0) is 23.3. The van der Waals surface area contributed by atoms with Crippen LogP contribution in [0, 0.1) is 5.41 Å². The van der Waals surface area contributed by atoms with E-state index in [4.69, 9.17) is 14.2 Å². The fourth-order valence-electron chi connectivity index (χ4n) is 2.20. The van der Waals surface area contributed by atoms with Crippen LogP contribution in [0.3, 0.4) is 0 Å². The van der Waals surface area contributed by atoms with Gasteiger partial charge in [-0.1, -0.05) is 31.4 Å². The van der Waals surface area contributed by atoms with Gasteiger partial charge in [-0.15, -0.1) is 0 Å². The van der Waals surface area contributed by atoms with E-state index in [0.717, 1.165) is 5.56 Å². The number of rotatable bonds is 6. The van der Waals surface area contributed by atoms with Gasteiger partial charge in [-0.25, -0.2) is 9.59 Å². The second-order valence-corrected chi connectivity index (χ2v) is 8.17.